The number of nitrogens with one attached hydrogen (secondary N) is 1. The highest BCUT2D eigenvalue weighted by Gasteiger charge is 2.15. The molecule has 3 rings (SSSR count). The van der Waals surface area contributed by atoms with E-state index in [4.69, 9.17) is 0 Å². The van der Waals surface area contributed by atoms with Crippen molar-refractivity contribution in [2.24, 2.45) is 0 Å². The molecule has 0 saturated carbocycles. The smallest absolute Gasteiger partial charge is 0.0346 e. The summed E-state index contributed by atoms with van der Waals surface area (Å²) in [6, 6.07) is 9.16. The van der Waals surface area contributed by atoms with Gasteiger partial charge in [0, 0.05) is 36.9 Å². The van der Waals surface area contributed by atoms with Crippen LogP contribution in [0.4, 0.5) is 0 Å². The van der Waals surface area contributed by atoms with Gasteiger partial charge in [0.25, 0.3) is 0 Å². The maximum absolute atomic E-state index is 4.37. The van der Waals surface area contributed by atoms with Gasteiger partial charge >= 0.3 is 0 Å². The number of aromatic nitrogens is 1. The molecular weight excluding hydrogens is 246 g/mol. The van der Waals surface area contributed by atoms with Crippen molar-refractivity contribution in [1.82, 2.24) is 15.2 Å². The van der Waals surface area contributed by atoms with Gasteiger partial charge in [0.15, 0.2) is 0 Å². The predicted octanol–water partition coefficient (Wildman–Crippen LogP) is 2.81. The van der Waals surface area contributed by atoms with E-state index < -0.39 is 0 Å². The maximum atomic E-state index is 4.37. The van der Waals surface area contributed by atoms with E-state index >= 15 is 0 Å². The second-order valence-electron chi connectivity index (χ2n) is 5.86. The Kier molecular flexibility index (Phi) is 4.28. The Bertz CT molecular complexity index is 556. The molecule has 1 unspecified atom stereocenters. The first-order valence-electron chi connectivity index (χ1n) is 7.56. The Labute approximate surface area is 121 Å². The van der Waals surface area contributed by atoms with Crippen molar-refractivity contribution in [3.63, 3.8) is 0 Å². The first-order valence-corrected chi connectivity index (χ1v) is 7.56. The predicted molar refractivity (Wildman–Crippen MR) is 83.7 cm³/mol. The molecule has 0 aliphatic carbocycles. The molecule has 1 aliphatic heterocycles. The third-order valence-corrected chi connectivity index (χ3v) is 4.14. The highest BCUT2D eigenvalue weighted by molar-refractivity contribution is 5.84. The summed E-state index contributed by atoms with van der Waals surface area (Å²) >= 11 is 0. The van der Waals surface area contributed by atoms with Crippen LogP contribution in [-0.4, -0.2) is 36.1 Å². The minimum absolute atomic E-state index is 0.650. The normalized spacial score (nSPS) is 19.6. The Morgan fingerprint density at radius 2 is 2.15 bits per heavy atom. The van der Waals surface area contributed by atoms with Crippen LogP contribution in [0.3, 0.4) is 0 Å². The van der Waals surface area contributed by atoms with E-state index in [9.17, 15) is 0 Å². The number of piperidine rings is 1. The standard InChI is InChI=1S/C17H23N3/c1-20(13-16-7-4-5-9-19-16)12-15-11-18-10-14-6-2-3-8-17(14)15/h2-3,6,8,10-11,16,19H,4-5,7,9,12-13H2,1H3. The molecule has 1 aromatic heterocycles. The summed E-state index contributed by atoms with van der Waals surface area (Å²) in [6.07, 6.45) is 7.95. The first-order chi connectivity index (χ1) is 9.83. The number of pyridine rings is 1. The van der Waals surface area contributed by atoms with Crippen molar-refractivity contribution in [2.45, 2.75) is 31.8 Å². The molecule has 1 saturated heterocycles. The zero-order chi connectivity index (χ0) is 13.8. The van der Waals surface area contributed by atoms with Gasteiger partial charge in [-0.1, -0.05) is 30.7 Å². The van der Waals surface area contributed by atoms with Crippen LogP contribution in [-0.2, 0) is 6.54 Å². The molecule has 0 radical (unpaired) electrons. The van der Waals surface area contributed by atoms with Gasteiger partial charge in [-0.2, -0.15) is 0 Å². The van der Waals surface area contributed by atoms with Crippen molar-refractivity contribution in [1.29, 1.82) is 0 Å². The Morgan fingerprint density at radius 1 is 1.25 bits per heavy atom. The first kappa shape index (κ1) is 13.5. The number of rotatable bonds is 4. The number of hydrogen-bond donors (Lipinski definition) is 1. The molecule has 1 aromatic carbocycles. The Morgan fingerprint density at radius 3 is 3.00 bits per heavy atom. The zero-order valence-electron chi connectivity index (χ0n) is 12.2. The highest BCUT2D eigenvalue weighted by atomic mass is 15.1. The third kappa shape index (κ3) is 3.17. The van der Waals surface area contributed by atoms with E-state index in [0.717, 1.165) is 13.1 Å². The fourth-order valence-corrected chi connectivity index (χ4v) is 3.12. The summed E-state index contributed by atoms with van der Waals surface area (Å²) in [7, 11) is 2.21. The molecule has 3 heteroatoms. The van der Waals surface area contributed by atoms with E-state index in [-0.39, 0.29) is 0 Å². The molecule has 0 bridgehead atoms. The summed E-state index contributed by atoms with van der Waals surface area (Å²) in [5, 5.41) is 6.17. The largest absolute Gasteiger partial charge is 0.313 e. The lowest BCUT2D eigenvalue weighted by atomic mass is 10.0. The summed E-state index contributed by atoms with van der Waals surface area (Å²) in [5.41, 5.74) is 1.32. The molecule has 0 amide bonds. The van der Waals surface area contributed by atoms with Crippen LogP contribution in [0.2, 0.25) is 0 Å². The van der Waals surface area contributed by atoms with Crippen LogP contribution < -0.4 is 5.32 Å². The topological polar surface area (TPSA) is 28.2 Å². The number of likely N-dealkylation sites (N-methyl/N-ethyl adjacent to an activating group) is 1. The second-order valence-corrected chi connectivity index (χ2v) is 5.86. The van der Waals surface area contributed by atoms with E-state index in [1.165, 1.54) is 42.1 Å². The lowest BCUT2D eigenvalue weighted by Gasteiger charge is -2.28. The van der Waals surface area contributed by atoms with Crippen molar-refractivity contribution < 1.29 is 0 Å². The minimum Gasteiger partial charge on any atom is -0.313 e. The van der Waals surface area contributed by atoms with Gasteiger partial charge in [-0.25, -0.2) is 0 Å². The van der Waals surface area contributed by atoms with Crippen molar-refractivity contribution in [3.05, 3.63) is 42.2 Å². The highest BCUT2D eigenvalue weighted by Crippen LogP contribution is 2.18. The number of hydrogen-bond acceptors (Lipinski definition) is 3. The van der Waals surface area contributed by atoms with Crippen LogP contribution in [0.5, 0.6) is 0 Å². The molecule has 1 fully saturated rings. The van der Waals surface area contributed by atoms with E-state index in [0.29, 0.717) is 6.04 Å². The van der Waals surface area contributed by atoms with Crippen molar-refractivity contribution >= 4 is 10.8 Å². The zero-order valence-corrected chi connectivity index (χ0v) is 12.2. The maximum Gasteiger partial charge on any atom is 0.0346 e. The molecule has 1 aliphatic rings. The van der Waals surface area contributed by atoms with Crippen LogP contribution in [0, 0.1) is 0 Å². The molecule has 2 aromatic rings. The van der Waals surface area contributed by atoms with E-state index in [1.807, 2.05) is 12.4 Å². The molecule has 1 atom stereocenters. The molecule has 106 valence electrons. The number of fused-ring (bicyclic) bond motifs is 1. The van der Waals surface area contributed by atoms with Crippen LogP contribution in [0.15, 0.2) is 36.7 Å². The molecular formula is C17H23N3. The van der Waals surface area contributed by atoms with E-state index in [1.54, 1.807) is 0 Å². The summed E-state index contributed by atoms with van der Waals surface area (Å²) in [5.74, 6) is 0. The Hall–Kier alpha value is -1.45. The third-order valence-electron chi connectivity index (χ3n) is 4.14. The monoisotopic (exact) mass is 269 g/mol. The van der Waals surface area contributed by atoms with Gasteiger partial charge in [-0.05, 0) is 37.4 Å². The molecule has 20 heavy (non-hydrogen) atoms. The summed E-state index contributed by atoms with van der Waals surface area (Å²) in [4.78, 5) is 6.78. The number of benzene rings is 1. The van der Waals surface area contributed by atoms with Gasteiger partial charge in [-0.3, -0.25) is 4.98 Å². The average Bonchev–Trinajstić information content (AvgIpc) is 2.48. The lowest BCUT2D eigenvalue weighted by molar-refractivity contribution is 0.257. The van der Waals surface area contributed by atoms with Crippen molar-refractivity contribution in [3.8, 4) is 0 Å². The quantitative estimate of drug-likeness (QED) is 0.925. The van der Waals surface area contributed by atoms with Gasteiger partial charge in [0.1, 0.15) is 0 Å². The average molecular weight is 269 g/mol. The van der Waals surface area contributed by atoms with Crippen molar-refractivity contribution in [2.75, 3.05) is 20.1 Å². The van der Waals surface area contributed by atoms with Gasteiger partial charge in [0.2, 0.25) is 0 Å². The minimum atomic E-state index is 0.650. The van der Waals surface area contributed by atoms with Crippen LogP contribution in [0.1, 0.15) is 24.8 Å². The van der Waals surface area contributed by atoms with E-state index in [2.05, 4.69) is 46.5 Å². The van der Waals surface area contributed by atoms with Crippen LogP contribution in [0.25, 0.3) is 10.8 Å². The molecule has 2 heterocycles. The SMILES string of the molecule is CN(Cc1cncc2ccccc12)CC1CCCCN1. The Balaban J connectivity index is 1.69. The van der Waals surface area contributed by atoms with Gasteiger partial charge in [0.05, 0.1) is 0 Å². The molecule has 0 spiro atoms. The van der Waals surface area contributed by atoms with Crippen LogP contribution >= 0.6 is 0 Å². The van der Waals surface area contributed by atoms with Gasteiger partial charge < -0.3 is 10.2 Å². The number of nitrogens with zero attached hydrogens (tertiary/aromatic N) is 2. The lowest BCUT2D eigenvalue weighted by Crippen LogP contribution is -2.42. The fourth-order valence-electron chi connectivity index (χ4n) is 3.12. The summed E-state index contributed by atoms with van der Waals surface area (Å²) < 4.78 is 0. The summed E-state index contributed by atoms with van der Waals surface area (Å²) in [6.45, 7) is 3.25. The molecule has 3 nitrogen and oxygen atoms in total. The molecule has 1 N–H and O–H groups in total. The van der Waals surface area contributed by atoms with Gasteiger partial charge in [-0.15, -0.1) is 0 Å². The fraction of sp³-hybridized carbons (Fsp3) is 0.471. The second kappa shape index (κ2) is 6.33.